The first kappa shape index (κ1) is 37.9. The quantitative estimate of drug-likeness (QED) is 0.254. The van der Waals surface area contributed by atoms with E-state index in [-0.39, 0.29) is 6.09 Å². The third-order valence-electron chi connectivity index (χ3n) is 5.78. The number of piperazine rings is 1. The van der Waals surface area contributed by atoms with Gasteiger partial charge in [0.15, 0.2) is 12.4 Å². The summed E-state index contributed by atoms with van der Waals surface area (Å²) in [4.78, 5) is 31.2. The Balaban J connectivity index is 0.000000259. The summed E-state index contributed by atoms with van der Waals surface area (Å²) in [5.41, 5.74) is 0.121. The number of hydrogen-bond acceptors (Lipinski definition) is 8. The molecule has 0 saturated carbocycles. The maximum atomic E-state index is 12.0. The second-order valence-corrected chi connectivity index (χ2v) is 13.4. The van der Waals surface area contributed by atoms with Crippen molar-refractivity contribution in [2.24, 2.45) is 0 Å². The Kier molecular flexibility index (Phi) is 14.7. The number of nitrogens with zero attached hydrogens (tertiary/aromatic N) is 4. The summed E-state index contributed by atoms with van der Waals surface area (Å²) in [6.07, 6.45) is 5.52. The van der Waals surface area contributed by atoms with Crippen molar-refractivity contribution in [3.8, 4) is 11.5 Å². The average Bonchev–Trinajstić information content (AvgIpc) is 2.98. The summed E-state index contributed by atoms with van der Waals surface area (Å²) in [6.45, 7) is 13.9. The molecule has 0 bridgehead atoms. The standard InChI is InChI=1S/C16H23ClN2O3.C9H13N2O2.C7H6BrClO/c1-16(2,3)22-15(20)19-9-7-18(8-10-19)12-5-6-13(17)14(11-12)21-4;1-9(2,3)13-8(12)11-6-4-10-5-7-11;1-10-7-4-5(8)2-3-6(7)9/h5-6,11H,7-10H2,1-4H3;4-7H,1-3H3;2-4H,1H3/q;+1;. The first-order chi connectivity index (χ1) is 21.0. The molecule has 2 aromatic carbocycles. The molecule has 0 radical (unpaired) electrons. The lowest BCUT2D eigenvalue weighted by atomic mass is 10.2. The van der Waals surface area contributed by atoms with Crippen LogP contribution in [0.2, 0.25) is 10.0 Å². The van der Waals surface area contributed by atoms with E-state index in [0.717, 1.165) is 23.2 Å². The van der Waals surface area contributed by atoms with Crippen LogP contribution in [0.1, 0.15) is 41.5 Å². The predicted octanol–water partition coefficient (Wildman–Crippen LogP) is 7.67. The van der Waals surface area contributed by atoms with Gasteiger partial charge in [0.1, 0.15) is 22.7 Å². The Morgan fingerprint density at radius 2 is 1.31 bits per heavy atom. The largest absolute Gasteiger partial charge is 0.602 e. The first-order valence-electron chi connectivity index (χ1n) is 14.1. The van der Waals surface area contributed by atoms with Crippen molar-refractivity contribution in [2.45, 2.75) is 52.7 Å². The Labute approximate surface area is 284 Å². The third-order valence-corrected chi connectivity index (χ3v) is 6.89. The molecule has 0 atom stereocenters. The number of methoxy groups -OCH3 is 2. The predicted molar refractivity (Wildman–Crippen MR) is 180 cm³/mol. The van der Waals surface area contributed by atoms with Gasteiger partial charge >= 0.3 is 12.2 Å². The van der Waals surface area contributed by atoms with Gasteiger partial charge in [0.25, 0.3) is 0 Å². The van der Waals surface area contributed by atoms with Crippen LogP contribution in [0.5, 0.6) is 11.5 Å². The molecule has 3 aromatic rings. The van der Waals surface area contributed by atoms with Gasteiger partial charge in [-0.15, -0.1) is 0 Å². The minimum atomic E-state index is -0.465. The molecule has 10 nitrogen and oxygen atoms in total. The molecule has 1 aliphatic heterocycles. The number of carbonyl (C=O) groups is 2. The molecule has 1 saturated heterocycles. The van der Waals surface area contributed by atoms with Crippen molar-refractivity contribution in [1.29, 1.82) is 0 Å². The molecule has 2 heterocycles. The van der Waals surface area contributed by atoms with Crippen LogP contribution in [0, 0.1) is 0 Å². The fourth-order valence-corrected chi connectivity index (χ4v) is 4.44. The summed E-state index contributed by atoms with van der Waals surface area (Å²) in [7, 11) is 3.19. The zero-order valence-electron chi connectivity index (χ0n) is 27.0. The van der Waals surface area contributed by atoms with E-state index in [1.165, 1.54) is 17.0 Å². The summed E-state index contributed by atoms with van der Waals surface area (Å²) < 4.78 is 23.0. The Morgan fingerprint density at radius 1 is 0.800 bits per heavy atom. The Hall–Kier alpha value is -3.28. The molecule has 0 unspecified atom stereocenters. The van der Waals surface area contributed by atoms with E-state index in [4.69, 9.17) is 42.1 Å². The lowest BCUT2D eigenvalue weighted by Gasteiger charge is -2.36. The number of amides is 1. The smallest absolute Gasteiger partial charge is 0.495 e. The van der Waals surface area contributed by atoms with E-state index >= 15 is 0 Å². The molecule has 1 aliphatic rings. The highest BCUT2D eigenvalue weighted by Gasteiger charge is 2.26. The van der Waals surface area contributed by atoms with Crippen molar-refractivity contribution in [3.05, 3.63) is 75.7 Å². The molecule has 1 fully saturated rings. The molecule has 13 heteroatoms. The fourth-order valence-electron chi connectivity index (χ4n) is 3.71. The van der Waals surface area contributed by atoms with Crippen LogP contribution in [0.4, 0.5) is 15.3 Å². The number of halogens is 3. The summed E-state index contributed by atoms with van der Waals surface area (Å²) in [6, 6.07) is 11.2. The van der Waals surface area contributed by atoms with Gasteiger partial charge in [0.2, 0.25) is 0 Å². The molecule has 246 valence electrons. The molecule has 0 aliphatic carbocycles. The van der Waals surface area contributed by atoms with Crippen LogP contribution < -0.4 is 18.9 Å². The van der Waals surface area contributed by atoms with Gasteiger partial charge < -0.3 is 28.7 Å². The maximum absolute atomic E-state index is 12.0. The van der Waals surface area contributed by atoms with E-state index in [2.05, 4.69) is 25.8 Å². The first-order valence-corrected chi connectivity index (χ1v) is 15.7. The maximum Gasteiger partial charge on any atom is 0.602 e. The van der Waals surface area contributed by atoms with Crippen LogP contribution in [0.15, 0.2) is 65.7 Å². The van der Waals surface area contributed by atoms with Crippen LogP contribution in [-0.2, 0) is 9.47 Å². The van der Waals surface area contributed by atoms with Gasteiger partial charge in [-0.3, -0.25) is 4.98 Å². The van der Waals surface area contributed by atoms with Crippen LogP contribution >= 0.6 is 39.1 Å². The third kappa shape index (κ3) is 13.7. The number of carbonyl (C=O) groups excluding carboxylic acids is 2. The molecule has 1 aromatic heterocycles. The van der Waals surface area contributed by atoms with Gasteiger partial charge in [0, 0.05) is 42.4 Å². The second kappa shape index (κ2) is 17.4. The molecular formula is C32H42BrCl2N4O6+. The van der Waals surface area contributed by atoms with Gasteiger partial charge in [-0.25, -0.2) is 4.79 Å². The minimum Gasteiger partial charge on any atom is -0.495 e. The van der Waals surface area contributed by atoms with E-state index < -0.39 is 17.3 Å². The zero-order valence-corrected chi connectivity index (χ0v) is 30.1. The van der Waals surface area contributed by atoms with Gasteiger partial charge in [-0.05, 0) is 71.9 Å². The SMILES string of the molecule is CC(C)(C)OC(=O)[n+]1ccncc1.COc1cc(Br)ccc1Cl.COc1cc(N2CCN(C(=O)OC(C)(C)C)CC2)ccc1Cl. The fraction of sp³-hybridized carbons (Fsp3) is 0.438. The van der Waals surface area contributed by atoms with Crippen LogP contribution in [0.3, 0.4) is 0 Å². The minimum absolute atomic E-state index is 0.249. The second-order valence-electron chi connectivity index (χ2n) is 11.7. The van der Waals surface area contributed by atoms with E-state index in [0.29, 0.717) is 34.6 Å². The topological polar surface area (TPSA) is 94.3 Å². The number of benzene rings is 2. The molecular weight excluding hydrogens is 687 g/mol. The molecule has 45 heavy (non-hydrogen) atoms. The van der Waals surface area contributed by atoms with Gasteiger partial charge in [0.05, 0.1) is 36.7 Å². The highest BCUT2D eigenvalue weighted by molar-refractivity contribution is 9.10. The molecule has 0 spiro atoms. The van der Waals surface area contributed by atoms with E-state index in [1.807, 2.05) is 71.9 Å². The lowest BCUT2D eigenvalue weighted by molar-refractivity contribution is -0.589. The lowest BCUT2D eigenvalue weighted by Crippen LogP contribution is -2.50. The summed E-state index contributed by atoms with van der Waals surface area (Å²) in [5, 5.41) is 1.23. The van der Waals surface area contributed by atoms with E-state index in [1.54, 1.807) is 37.6 Å². The number of aromatic nitrogens is 2. The van der Waals surface area contributed by atoms with Crippen molar-refractivity contribution in [3.63, 3.8) is 0 Å². The highest BCUT2D eigenvalue weighted by atomic mass is 79.9. The monoisotopic (exact) mass is 727 g/mol. The number of rotatable bonds is 3. The Bertz CT molecular complexity index is 1390. The number of ether oxygens (including phenoxy) is 4. The van der Waals surface area contributed by atoms with Crippen molar-refractivity contribution in [1.82, 2.24) is 9.88 Å². The van der Waals surface area contributed by atoms with Gasteiger partial charge in [-0.1, -0.05) is 43.7 Å². The van der Waals surface area contributed by atoms with Crippen LogP contribution in [0.25, 0.3) is 0 Å². The number of anilines is 1. The van der Waals surface area contributed by atoms with E-state index in [9.17, 15) is 9.59 Å². The van der Waals surface area contributed by atoms with Gasteiger partial charge in [-0.2, -0.15) is 4.79 Å². The van der Waals surface area contributed by atoms with Crippen molar-refractivity contribution in [2.75, 3.05) is 45.3 Å². The highest BCUT2D eigenvalue weighted by Crippen LogP contribution is 2.30. The summed E-state index contributed by atoms with van der Waals surface area (Å²) >= 11 is 15.1. The van der Waals surface area contributed by atoms with Crippen molar-refractivity contribution >= 4 is 57.0 Å². The van der Waals surface area contributed by atoms with Crippen LogP contribution in [-0.4, -0.2) is 73.7 Å². The molecule has 0 N–H and O–H groups in total. The molecule has 1 amide bonds. The normalized spacial score (nSPS) is 13.0. The van der Waals surface area contributed by atoms with Crippen molar-refractivity contribution < 1.29 is 33.1 Å². The molecule has 4 rings (SSSR count). The number of hydrogen-bond donors (Lipinski definition) is 0. The average molecular weight is 730 g/mol. The zero-order chi connectivity index (χ0) is 33.8. The summed E-state index contributed by atoms with van der Waals surface area (Å²) in [5.74, 6) is 1.35. The Morgan fingerprint density at radius 3 is 1.80 bits per heavy atom.